The fourth-order valence-electron chi connectivity index (χ4n) is 5.62. The lowest BCUT2D eigenvalue weighted by Gasteiger charge is -2.56. The molecule has 4 bridgehead atoms. The number of rotatable bonds is 6. The number of hydrogen-bond donors (Lipinski definition) is 2. The molecule has 9 heteroatoms. The number of carbonyl (C=O) groups is 1. The van der Waals surface area contributed by atoms with Gasteiger partial charge in [-0.15, -0.1) is 0 Å². The lowest BCUT2D eigenvalue weighted by Crippen LogP contribution is -2.51. The number of aromatic nitrogens is 2. The molecule has 5 rings (SSSR count). The largest absolute Gasteiger partial charge is 0.463 e. The lowest BCUT2D eigenvalue weighted by molar-refractivity contribution is -0.387. The van der Waals surface area contributed by atoms with Crippen molar-refractivity contribution >= 4 is 11.6 Å². The van der Waals surface area contributed by atoms with Crippen molar-refractivity contribution in [3.63, 3.8) is 0 Å². The summed E-state index contributed by atoms with van der Waals surface area (Å²) in [6, 6.07) is 0. The van der Waals surface area contributed by atoms with Crippen LogP contribution in [-0.4, -0.2) is 34.0 Å². The Labute approximate surface area is 149 Å². The molecule has 26 heavy (non-hydrogen) atoms. The molecule has 1 aromatic rings. The fraction of sp³-hybridized carbons (Fsp3) is 0.706. The first kappa shape index (κ1) is 17.0. The molecule has 0 spiro atoms. The molecule has 0 saturated heterocycles. The highest BCUT2D eigenvalue weighted by Crippen LogP contribution is 2.59. The Morgan fingerprint density at radius 1 is 1.31 bits per heavy atom. The number of aromatic amines is 1. The maximum atomic E-state index is 12.2. The van der Waals surface area contributed by atoms with Crippen LogP contribution in [0.25, 0.3) is 0 Å². The predicted molar refractivity (Wildman–Crippen MR) is 90.6 cm³/mol. The minimum absolute atomic E-state index is 0.207. The van der Waals surface area contributed by atoms with Crippen LogP contribution in [0.3, 0.4) is 0 Å². The summed E-state index contributed by atoms with van der Waals surface area (Å²) in [5.74, 6) is 1.62. The molecule has 0 unspecified atom stereocenters. The van der Waals surface area contributed by atoms with Gasteiger partial charge in [0.15, 0.2) is 6.61 Å². The summed E-state index contributed by atoms with van der Waals surface area (Å²) in [6.07, 6.45) is 8.58. The molecule has 1 aromatic heterocycles. The molecular formula is C17H22N4O5. The highest BCUT2D eigenvalue weighted by atomic mass is 16.6. The Bertz CT molecular complexity index is 754. The van der Waals surface area contributed by atoms with Crippen molar-refractivity contribution in [2.75, 3.05) is 13.2 Å². The number of hydrogen-bond acceptors (Lipinski definition) is 6. The zero-order valence-electron chi connectivity index (χ0n) is 14.4. The van der Waals surface area contributed by atoms with Gasteiger partial charge in [-0.25, -0.2) is 0 Å². The maximum absolute atomic E-state index is 12.2. The summed E-state index contributed by atoms with van der Waals surface area (Å²) in [5, 5.41) is 13.9. The van der Waals surface area contributed by atoms with Gasteiger partial charge in [0.1, 0.15) is 0 Å². The van der Waals surface area contributed by atoms with Gasteiger partial charge in [-0.1, -0.05) is 0 Å². The zero-order chi connectivity index (χ0) is 18.3. The van der Waals surface area contributed by atoms with Crippen LogP contribution >= 0.6 is 0 Å². The van der Waals surface area contributed by atoms with E-state index in [1.807, 2.05) is 0 Å². The van der Waals surface area contributed by atoms with Gasteiger partial charge >= 0.3 is 17.1 Å². The molecule has 2 N–H and O–H groups in total. The van der Waals surface area contributed by atoms with Gasteiger partial charge in [-0.2, -0.15) is 4.98 Å². The van der Waals surface area contributed by atoms with E-state index in [0.717, 1.165) is 24.1 Å². The minimum Gasteiger partial charge on any atom is -0.463 e. The van der Waals surface area contributed by atoms with Crippen LogP contribution in [0.15, 0.2) is 11.1 Å². The normalized spacial score (nSPS) is 31.6. The van der Waals surface area contributed by atoms with Crippen LogP contribution in [0.1, 0.15) is 38.5 Å². The summed E-state index contributed by atoms with van der Waals surface area (Å²) in [4.78, 5) is 39.5. The Morgan fingerprint density at radius 2 is 1.92 bits per heavy atom. The first-order chi connectivity index (χ1) is 12.4. The monoisotopic (exact) mass is 362 g/mol. The van der Waals surface area contributed by atoms with Gasteiger partial charge in [0.05, 0.1) is 11.3 Å². The van der Waals surface area contributed by atoms with Crippen LogP contribution in [-0.2, 0) is 4.79 Å². The van der Waals surface area contributed by atoms with E-state index in [0.29, 0.717) is 6.54 Å². The van der Waals surface area contributed by atoms with Crippen LogP contribution < -0.4 is 15.6 Å². The molecule has 0 aromatic carbocycles. The third-order valence-corrected chi connectivity index (χ3v) is 6.14. The minimum atomic E-state index is -0.908. The quantitative estimate of drug-likeness (QED) is 0.581. The molecule has 0 radical (unpaired) electrons. The molecule has 140 valence electrons. The second-order valence-corrected chi connectivity index (χ2v) is 8.13. The van der Waals surface area contributed by atoms with Gasteiger partial charge in [0.2, 0.25) is 0 Å². The van der Waals surface area contributed by atoms with Crippen molar-refractivity contribution in [3.05, 3.63) is 26.8 Å². The van der Waals surface area contributed by atoms with E-state index in [4.69, 9.17) is 4.74 Å². The molecule has 1 heterocycles. The number of nitro groups is 1. The van der Waals surface area contributed by atoms with Gasteiger partial charge in [0, 0.05) is 6.54 Å². The number of nitrogens with zero attached hydrogens (tertiary/aromatic N) is 2. The van der Waals surface area contributed by atoms with Gasteiger partial charge in [0.25, 0.3) is 5.91 Å². The van der Waals surface area contributed by atoms with Crippen molar-refractivity contribution < 1.29 is 14.5 Å². The standard InChI is InChI=1S/C17H22N4O5/c22-13(7-26-16-14(21(24)25)15(23)19-9-20-16)18-8-17-4-10-1-11(5-17)3-12(2-10)6-17/h9-12H,1-8H2,(H,18,22)(H,19,20,23). The smallest absolute Gasteiger partial charge is 0.395 e. The first-order valence-corrected chi connectivity index (χ1v) is 9.06. The molecule has 1 amide bonds. The van der Waals surface area contributed by atoms with E-state index in [1.165, 1.54) is 38.5 Å². The predicted octanol–water partition coefficient (Wildman–Crippen LogP) is 1.39. The summed E-state index contributed by atoms with van der Waals surface area (Å²) in [7, 11) is 0. The first-order valence-electron chi connectivity index (χ1n) is 9.06. The van der Waals surface area contributed by atoms with Crippen LogP contribution in [0, 0.1) is 33.3 Å². The second-order valence-electron chi connectivity index (χ2n) is 8.13. The molecule has 4 fully saturated rings. The second kappa shape index (κ2) is 6.37. The number of carbonyl (C=O) groups excluding carboxylic acids is 1. The van der Waals surface area contributed by atoms with Gasteiger partial charge < -0.3 is 15.0 Å². The zero-order valence-corrected chi connectivity index (χ0v) is 14.4. The SMILES string of the molecule is O=C(COc1nc[nH]c(=O)c1[N+](=O)[O-])NCC12CC3CC(CC(C3)C1)C2. The van der Waals surface area contributed by atoms with E-state index < -0.39 is 28.7 Å². The number of nitrogens with one attached hydrogen (secondary N) is 2. The van der Waals surface area contributed by atoms with E-state index in [9.17, 15) is 19.7 Å². The fourth-order valence-corrected chi connectivity index (χ4v) is 5.62. The highest BCUT2D eigenvalue weighted by Gasteiger charge is 2.50. The highest BCUT2D eigenvalue weighted by molar-refractivity contribution is 5.77. The Morgan fingerprint density at radius 3 is 2.50 bits per heavy atom. The summed E-state index contributed by atoms with van der Waals surface area (Å²) in [5.41, 5.74) is -1.49. The van der Waals surface area contributed by atoms with Gasteiger partial charge in [-0.05, 0) is 61.7 Å². The van der Waals surface area contributed by atoms with E-state index in [1.54, 1.807) is 0 Å². The average molecular weight is 362 g/mol. The third-order valence-electron chi connectivity index (χ3n) is 6.14. The van der Waals surface area contributed by atoms with Crippen LogP contribution in [0.4, 0.5) is 5.69 Å². The summed E-state index contributed by atoms with van der Waals surface area (Å²) < 4.78 is 5.13. The molecule has 0 atom stereocenters. The van der Waals surface area contributed by atoms with Crippen LogP contribution in [0.5, 0.6) is 5.88 Å². The van der Waals surface area contributed by atoms with Crippen molar-refractivity contribution in [1.29, 1.82) is 0 Å². The molecular weight excluding hydrogens is 340 g/mol. The topological polar surface area (TPSA) is 127 Å². The Hall–Kier alpha value is -2.45. The van der Waals surface area contributed by atoms with Gasteiger partial charge in [-0.3, -0.25) is 19.7 Å². The number of H-pyrrole nitrogens is 1. The number of ether oxygens (including phenoxy) is 1. The summed E-state index contributed by atoms with van der Waals surface area (Å²) >= 11 is 0. The van der Waals surface area contributed by atoms with E-state index >= 15 is 0 Å². The van der Waals surface area contributed by atoms with Crippen molar-refractivity contribution in [1.82, 2.24) is 15.3 Å². The molecule has 9 nitrogen and oxygen atoms in total. The lowest BCUT2D eigenvalue weighted by atomic mass is 9.49. The third kappa shape index (κ3) is 3.17. The molecule has 0 aliphatic heterocycles. The van der Waals surface area contributed by atoms with Crippen molar-refractivity contribution in [2.24, 2.45) is 23.2 Å². The Kier molecular flexibility index (Phi) is 4.16. The van der Waals surface area contributed by atoms with E-state index in [2.05, 4.69) is 15.3 Å². The molecule has 4 aliphatic carbocycles. The number of amides is 1. The Balaban J connectivity index is 1.34. The van der Waals surface area contributed by atoms with E-state index in [-0.39, 0.29) is 11.3 Å². The molecule has 4 saturated carbocycles. The average Bonchev–Trinajstić information content (AvgIpc) is 2.56. The van der Waals surface area contributed by atoms with Crippen LogP contribution in [0.2, 0.25) is 0 Å². The molecule has 4 aliphatic rings. The summed E-state index contributed by atoms with van der Waals surface area (Å²) in [6.45, 7) is 0.229. The van der Waals surface area contributed by atoms with Crippen molar-refractivity contribution in [2.45, 2.75) is 38.5 Å². The maximum Gasteiger partial charge on any atom is 0.395 e. The van der Waals surface area contributed by atoms with Crippen molar-refractivity contribution in [3.8, 4) is 5.88 Å².